The maximum absolute atomic E-state index is 11.7. The van der Waals surface area contributed by atoms with E-state index in [1.54, 1.807) is 12.1 Å². The Morgan fingerprint density at radius 1 is 1.32 bits per heavy atom. The number of hydrogen-bond donors (Lipinski definition) is 0. The summed E-state index contributed by atoms with van der Waals surface area (Å²) in [4.78, 5) is 34.5. The third kappa shape index (κ3) is 1.88. The lowest BCUT2D eigenvalue weighted by molar-refractivity contribution is -0.108. The average Bonchev–Trinajstić information content (AvgIpc) is 2.96. The number of carbonyl (C=O) groups excluding carboxylic acids is 1. The number of aldehydes is 1. The van der Waals surface area contributed by atoms with Crippen molar-refractivity contribution in [2.75, 3.05) is 0 Å². The van der Waals surface area contributed by atoms with Gasteiger partial charge in [-0.2, -0.15) is 5.10 Å². The molecule has 0 atom stereocenters. The number of hydrogen-bond acceptors (Lipinski definition) is 6. The van der Waals surface area contributed by atoms with Crippen molar-refractivity contribution in [1.29, 1.82) is 0 Å². The lowest BCUT2D eigenvalue weighted by Crippen LogP contribution is -2.22. The summed E-state index contributed by atoms with van der Waals surface area (Å²) in [6.45, 7) is -0.0638. The largest absolute Gasteiger partial charge is 0.301 e. The summed E-state index contributed by atoms with van der Waals surface area (Å²) in [6.07, 6.45) is 4.69. The Morgan fingerprint density at radius 3 is 2.95 bits per heavy atom. The van der Waals surface area contributed by atoms with E-state index in [0.717, 1.165) is 0 Å². The topological polar surface area (TPSA) is 95.6 Å². The van der Waals surface area contributed by atoms with Crippen molar-refractivity contribution in [2.45, 2.75) is 6.54 Å². The smallest absolute Gasteiger partial charge is 0.271 e. The van der Waals surface area contributed by atoms with E-state index in [1.165, 1.54) is 28.1 Å². The van der Waals surface area contributed by atoms with Gasteiger partial charge in [-0.1, -0.05) is 0 Å². The van der Waals surface area contributed by atoms with Gasteiger partial charge in [0.1, 0.15) is 24.5 Å². The predicted molar refractivity (Wildman–Crippen MR) is 64.8 cm³/mol. The van der Waals surface area contributed by atoms with Crippen LogP contribution in [0.1, 0.15) is 0 Å². The number of fused-ring (bicyclic) bond motifs is 1. The molecular formula is C11H8N6O2. The van der Waals surface area contributed by atoms with E-state index in [1.807, 2.05) is 0 Å². The first-order valence-electron chi connectivity index (χ1n) is 5.45. The quantitative estimate of drug-likeness (QED) is 0.590. The number of nitrogens with zero attached hydrogens (tertiary/aromatic N) is 6. The summed E-state index contributed by atoms with van der Waals surface area (Å²) in [6, 6.07) is 3.42. The molecule has 8 heteroatoms. The van der Waals surface area contributed by atoms with E-state index in [4.69, 9.17) is 0 Å². The van der Waals surface area contributed by atoms with Crippen LogP contribution >= 0.6 is 0 Å². The van der Waals surface area contributed by atoms with Crippen LogP contribution in [0.4, 0.5) is 0 Å². The molecule has 94 valence electrons. The average molecular weight is 256 g/mol. The van der Waals surface area contributed by atoms with Gasteiger partial charge in [0.05, 0.1) is 12.7 Å². The minimum Gasteiger partial charge on any atom is -0.301 e. The van der Waals surface area contributed by atoms with Crippen molar-refractivity contribution >= 4 is 17.5 Å². The van der Waals surface area contributed by atoms with Gasteiger partial charge in [-0.15, -0.1) is 0 Å². The summed E-state index contributed by atoms with van der Waals surface area (Å²) in [5, 5.41) is 3.96. The van der Waals surface area contributed by atoms with Gasteiger partial charge in [0.15, 0.2) is 11.5 Å². The number of rotatable bonds is 3. The Hall–Kier alpha value is -2.90. The molecule has 0 saturated heterocycles. The second-order valence-corrected chi connectivity index (χ2v) is 3.73. The highest BCUT2D eigenvalue weighted by atomic mass is 16.1. The summed E-state index contributed by atoms with van der Waals surface area (Å²) in [5.41, 5.74) is 0.501. The fourth-order valence-electron chi connectivity index (χ4n) is 1.73. The molecule has 0 aliphatic heterocycles. The summed E-state index contributed by atoms with van der Waals surface area (Å²) in [5.74, 6) is 0.497. The Morgan fingerprint density at radius 2 is 2.21 bits per heavy atom. The molecule has 0 amide bonds. The van der Waals surface area contributed by atoms with Crippen LogP contribution in [0.3, 0.4) is 0 Å². The van der Waals surface area contributed by atoms with E-state index in [9.17, 15) is 9.59 Å². The molecule has 0 aliphatic rings. The highest BCUT2D eigenvalue weighted by Gasteiger charge is 2.07. The maximum atomic E-state index is 11.7. The molecule has 8 nitrogen and oxygen atoms in total. The van der Waals surface area contributed by atoms with Crippen molar-refractivity contribution < 1.29 is 4.79 Å². The molecule has 3 heterocycles. The Labute approximate surface area is 106 Å². The van der Waals surface area contributed by atoms with Crippen molar-refractivity contribution in [3.05, 3.63) is 41.3 Å². The van der Waals surface area contributed by atoms with Gasteiger partial charge in [-0.3, -0.25) is 9.36 Å². The van der Waals surface area contributed by atoms with Gasteiger partial charge < -0.3 is 4.79 Å². The molecule has 0 saturated carbocycles. The fourth-order valence-corrected chi connectivity index (χ4v) is 1.73. The zero-order valence-corrected chi connectivity index (χ0v) is 9.67. The zero-order chi connectivity index (χ0) is 13.2. The van der Waals surface area contributed by atoms with Crippen LogP contribution in [0.2, 0.25) is 0 Å². The minimum atomic E-state index is -0.372. The Kier molecular flexibility index (Phi) is 2.60. The zero-order valence-electron chi connectivity index (χ0n) is 9.67. The molecule has 0 bridgehead atoms. The van der Waals surface area contributed by atoms with Crippen LogP contribution < -0.4 is 5.56 Å². The van der Waals surface area contributed by atoms with Gasteiger partial charge in [0.25, 0.3) is 5.56 Å². The first-order chi connectivity index (χ1) is 9.29. The van der Waals surface area contributed by atoms with Crippen LogP contribution in [0, 0.1) is 0 Å². The number of pyridine rings is 1. The second kappa shape index (κ2) is 4.41. The van der Waals surface area contributed by atoms with E-state index >= 15 is 0 Å². The van der Waals surface area contributed by atoms with Crippen molar-refractivity contribution in [3.8, 4) is 5.82 Å². The van der Waals surface area contributed by atoms with E-state index in [2.05, 4.69) is 20.1 Å². The van der Waals surface area contributed by atoms with Crippen LogP contribution in [0.15, 0.2) is 35.8 Å². The first-order valence-corrected chi connectivity index (χ1v) is 5.45. The molecule has 19 heavy (non-hydrogen) atoms. The molecule has 0 aliphatic carbocycles. The van der Waals surface area contributed by atoms with E-state index in [-0.39, 0.29) is 12.1 Å². The molecule has 0 N–H and O–H groups in total. The normalized spacial score (nSPS) is 10.7. The third-order valence-corrected chi connectivity index (χ3v) is 2.59. The molecule has 0 radical (unpaired) electrons. The van der Waals surface area contributed by atoms with Crippen LogP contribution in [-0.2, 0) is 11.3 Å². The van der Waals surface area contributed by atoms with Gasteiger partial charge in [0, 0.05) is 0 Å². The third-order valence-electron chi connectivity index (χ3n) is 2.59. The fraction of sp³-hybridized carbons (Fsp3) is 0.0909. The molecule has 3 aromatic rings. The molecule has 0 aromatic carbocycles. The molecular weight excluding hydrogens is 248 g/mol. The SMILES string of the molecule is O=CCn1c(=O)cnc2ccc(-n3cncn3)nc21. The van der Waals surface area contributed by atoms with Crippen LogP contribution in [0.25, 0.3) is 17.0 Å². The molecule has 0 unspecified atom stereocenters. The maximum Gasteiger partial charge on any atom is 0.271 e. The van der Waals surface area contributed by atoms with Gasteiger partial charge >= 0.3 is 0 Å². The van der Waals surface area contributed by atoms with Crippen LogP contribution in [-0.4, -0.2) is 35.6 Å². The lowest BCUT2D eigenvalue weighted by Gasteiger charge is -2.06. The van der Waals surface area contributed by atoms with E-state index in [0.29, 0.717) is 23.3 Å². The summed E-state index contributed by atoms with van der Waals surface area (Å²) in [7, 11) is 0. The second-order valence-electron chi connectivity index (χ2n) is 3.73. The Balaban J connectivity index is 2.28. The highest BCUT2D eigenvalue weighted by Crippen LogP contribution is 2.10. The number of carbonyl (C=O) groups is 1. The summed E-state index contributed by atoms with van der Waals surface area (Å²) < 4.78 is 2.72. The van der Waals surface area contributed by atoms with Crippen molar-refractivity contribution in [2.24, 2.45) is 0 Å². The van der Waals surface area contributed by atoms with Gasteiger partial charge in [0.2, 0.25) is 0 Å². The molecule has 3 rings (SSSR count). The van der Waals surface area contributed by atoms with Gasteiger partial charge in [-0.05, 0) is 12.1 Å². The van der Waals surface area contributed by atoms with Crippen molar-refractivity contribution in [3.63, 3.8) is 0 Å². The van der Waals surface area contributed by atoms with E-state index < -0.39 is 0 Å². The van der Waals surface area contributed by atoms with Crippen LogP contribution in [0.5, 0.6) is 0 Å². The highest BCUT2D eigenvalue weighted by molar-refractivity contribution is 5.72. The lowest BCUT2D eigenvalue weighted by atomic mass is 10.4. The standard InChI is InChI=1S/C11H8N6O2/c18-4-3-16-10(19)5-13-8-1-2-9(15-11(8)16)17-7-12-6-14-17/h1-2,4-7H,3H2. The molecule has 0 fully saturated rings. The first kappa shape index (κ1) is 11.2. The van der Waals surface area contributed by atoms with Crippen molar-refractivity contribution in [1.82, 2.24) is 29.3 Å². The molecule has 0 spiro atoms. The van der Waals surface area contributed by atoms with Gasteiger partial charge in [-0.25, -0.2) is 19.6 Å². The summed E-state index contributed by atoms with van der Waals surface area (Å²) >= 11 is 0. The minimum absolute atomic E-state index is 0.0638. The molecule has 3 aromatic heterocycles. The Bertz CT molecular complexity index is 793. The monoisotopic (exact) mass is 256 g/mol. The predicted octanol–water partition coefficient (Wildman–Crippen LogP) is -0.429. The number of aromatic nitrogens is 6.